The van der Waals surface area contributed by atoms with E-state index in [2.05, 4.69) is 9.82 Å². The highest BCUT2D eigenvalue weighted by molar-refractivity contribution is 6.30. The first kappa shape index (κ1) is 10.5. The van der Waals surface area contributed by atoms with Crippen LogP contribution < -0.4 is 5.90 Å². The number of aryl methyl sites for hydroxylation is 1. The van der Waals surface area contributed by atoms with E-state index in [1.165, 1.54) is 0 Å². The Kier molecular flexibility index (Phi) is 2.95. The lowest BCUT2D eigenvalue weighted by atomic mass is 9.91. The summed E-state index contributed by atoms with van der Waals surface area (Å²) in [5.74, 6) is 5.05. The molecule has 0 amide bonds. The van der Waals surface area contributed by atoms with Gasteiger partial charge in [-0.05, 0) is 0 Å². The highest BCUT2D eigenvalue weighted by atomic mass is 35.5. The highest BCUT2D eigenvalue weighted by Crippen LogP contribution is 2.28. The molecule has 74 valence electrons. The molecule has 0 bridgehead atoms. The molecule has 4 nitrogen and oxygen atoms in total. The second kappa shape index (κ2) is 3.65. The van der Waals surface area contributed by atoms with Crippen LogP contribution in [-0.2, 0) is 17.3 Å². The van der Waals surface area contributed by atoms with E-state index in [-0.39, 0.29) is 5.41 Å². The lowest BCUT2D eigenvalue weighted by molar-refractivity contribution is 0.0939. The zero-order chi connectivity index (χ0) is 10.1. The van der Waals surface area contributed by atoms with E-state index in [4.69, 9.17) is 17.5 Å². The van der Waals surface area contributed by atoms with Crippen molar-refractivity contribution in [3.63, 3.8) is 0 Å². The van der Waals surface area contributed by atoms with Crippen LogP contribution >= 0.6 is 11.6 Å². The molecule has 0 aliphatic carbocycles. The molecule has 13 heavy (non-hydrogen) atoms. The molecule has 2 N–H and O–H groups in total. The van der Waals surface area contributed by atoms with E-state index in [0.29, 0.717) is 11.8 Å². The summed E-state index contributed by atoms with van der Waals surface area (Å²) in [4.78, 5) is 8.64. The number of rotatable bonds is 3. The minimum absolute atomic E-state index is 0.225. The molecule has 0 saturated heterocycles. The summed E-state index contributed by atoms with van der Waals surface area (Å²) in [6.45, 7) is 4.41. The Bertz CT molecular complexity index is 276. The van der Waals surface area contributed by atoms with Crippen LogP contribution in [0.25, 0.3) is 0 Å². The Hall–Kier alpha value is -0.580. The third kappa shape index (κ3) is 2.02. The zero-order valence-electron chi connectivity index (χ0n) is 8.04. The molecule has 0 fully saturated rings. The van der Waals surface area contributed by atoms with Crippen LogP contribution in [0.1, 0.15) is 19.5 Å². The normalized spacial score (nSPS) is 12.1. The first-order valence-electron chi connectivity index (χ1n) is 3.98. The Balaban J connectivity index is 3.05. The molecule has 1 aromatic heterocycles. The average molecular weight is 204 g/mol. The highest BCUT2D eigenvalue weighted by Gasteiger charge is 2.27. The van der Waals surface area contributed by atoms with Gasteiger partial charge < -0.3 is 9.40 Å². The topological polar surface area (TPSA) is 53.1 Å². The van der Waals surface area contributed by atoms with Crippen LogP contribution in [0.15, 0.2) is 6.33 Å². The summed E-state index contributed by atoms with van der Waals surface area (Å²) >= 11 is 5.94. The molecule has 0 aromatic carbocycles. The maximum atomic E-state index is 5.94. The SMILES string of the molecule is Cn1cnc(Cl)c1C(C)(C)CON. The van der Waals surface area contributed by atoms with E-state index in [9.17, 15) is 0 Å². The summed E-state index contributed by atoms with van der Waals surface area (Å²) in [6.07, 6.45) is 1.68. The number of halogens is 1. The molecular formula is C8H14ClN3O. The molecule has 0 spiro atoms. The summed E-state index contributed by atoms with van der Waals surface area (Å²) in [7, 11) is 1.90. The zero-order valence-corrected chi connectivity index (χ0v) is 8.80. The molecule has 0 unspecified atom stereocenters. The molecule has 1 aromatic rings. The van der Waals surface area contributed by atoms with Crippen molar-refractivity contribution < 1.29 is 4.84 Å². The van der Waals surface area contributed by atoms with Gasteiger partial charge in [-0.1, -0.05) is 25.4 Å². The monoisotopic (exact) mass is 203 g/mol. The van der Waals surface area contributed by atoms with Gasteiger partial charge in [0.15, 0.2) is 5.15 Å². The Morgan fingerprint density at radius 2 is 2.31 bits per heavy atom. The van der Waals surface area contributed by atoms with Crippen molar-refractivity contribution in [2.75, 3.05) is 6.61 Å². The fourth-order valence-electron chi connectivity index (χ4n) is 1.44. The molecule has 0 aliphatic rings. The Morgan fingerprint density at radius 1 is 1.69 bits per heavy atom. The van der Waals surface area contributed by atoms with Gasteiger partial charge in [0.2, 0.25) is 0 Å². The second-order valence-corrected chi connectivity index (χ2v) is 4.05. The Morgan fingerprint density at radius 3 is 2.69 bits per heavy atom. The van der Waals surface area contributed by atoms with E-state index in [1.54, 1.807) is 6.33 Å². The maximum Gasteiger partial charge on any atom is 0.150 e. The van der Waals surface area contributed by atoms with Gasteiger partial charge in [-0.2, -0.15) is 0 Å². The minimum Gasteiger partial charge on any atom is -0.336 e. The number of nitrogens with zero attached hydrogens (tertiary/aromatic N) is 2. The van der Waals surface area contributed by atoms with Gasteiger partial charge >= 0.3 is 0 Å². The van der Waals surface area contributed by atoms with Crippen molar-refractivity contribution in [1.29, 1.82) is 0 Å². The van der Waals surface area contributed by atoms with Crippen molar-refractivity contribution in [1.82, 2.24) is 9.55 Å². The largest absolute Gasteiger partial charge is 0.336 e. The Labute approximate surface area is 82.6 Å². The van der Waals surface area contributed by atoms with Crippen LogP contribution in [-0.4, -0.2) is 16.2 Å². The fourth-order valence-corrected chi connectivity index (χ4v) is 1.87. The van der Waals surface area contributed by atoms with Crippen molar-refractivity contribution in [2.24, 2.45) is 12.9 Å². The van der Waals surface area contributed by atoms with Crippen molar-refractivity contribution in [3.8, 4) is 0 Å². The molecule has 0 aliphatic heterocycles. The number of imidazole rings is 1. The van der Waals surface area contributed by atoms with Gasteiger partial charge in [-0.3, -0.25) is 0 Å². The van der Waals surface area contributed by atoms with Gasteiger partial charge in [0.25, 0.3) is 0 Å². The minimum atomic E-state index is -0.225. The quantitative estimate of drug-likeness (QED) is 0.753. The van der Waals surface area contributed by atoms with Crippen LogP contribution in [0.2, 0.25) is 5.15 Å². The standard InChI is InChI=1S/C8H14ClN3O/c1-8(2,4-13-10)6-7(9)11-5-12(6)3/h5H,4,10H2,1-3H3. The van der Waals surface area contributed by atoms with Crippen LogP contribution in [0.5, 0.6) is 0 Å². The third-order valence-corrected chi connectivity index (χ3v) is 2.25. The molecule has 0 saturated carbocycles. The van der Waals surface area contributed by atoms with Gasteiger partial charge in [0, 0.05) is 12.5 Å². The summed E-state index contributed by atoms with van der Waals surface area (Å²) in [5.41, 5.74) is 0.705. The van der Waals surface area contributed by atoms with Crippen LogP contribution in [0.3, 0.4) is 0 Å². The average Bonchev–Trinajstić information content (AvgIpc) is 2.31. The number of nitrogens with two attached hydrogens (primary N) is 1. The summed E-state index contributed by atoms with van der Waals surface area (Å²) in [5, 5.41) is 0.504. The van der Waals surface area contributed by atoms with Crippen molar-refractivity contribution in [3.05, 3.63) is 17.2 Å². The second-order valence-electron chi connectivity index (χ2n) is 3.69. The van der Waals surface area contributed by atoms with Gasteiger partial charge in [-0.25, -0.2) is 10.9 Å². The lowest BCUT2D eigenvalue weighted by Gasteiger charge is -2.23. The van der Waals surface area contributed by atoms with Crippen LogP contribution in [0, 0.1) is 0 Å². The van der Waals surface area contributed by atoms with Crippen molar-refractivity contribution >= 4 is 11.6 Å². The summed E-state index contributed by atoms with van der Waals surface area (Å²) in [6, 6.07) is 0. The predicted octanol–water partition coefficient (Wildman–Crippen LogP) is 1.24. The molecular weight excluding hydrogens is 190 g/mol. The molecule has 1 heterocycles. The third-order valence-electron chi connectivity index (χ3n) is 1.98. The number of hydrogen-bond donors (Lipinski definition) is 1. The predicted molar refractivity (Wildman–Crippen MR) is 51.4 cm³/mol. The fraction of sp³-hybridized carbons (Fsp3) is 0.625. The van der Waals surface area contributed by atoms with Crippen molar-refractivity contribution in [2.45, 2.75) is 19.3 Å². The maximum absolute atomic E-state index is 5.94. The smallest absolute Gasteiger partial charge is 0.150 e. The van der Waals surface area contributed by atoms with Crippen LogP contribution in [0.4, 0.5) is 0 Å². The summed E-state index contributed by atoms with van der Waals surface area (Å²) < 4.78 is 1.88. The van der Waals surface area contributed by atoms with Gasteiger partial charge in [-0.15, -0.1) is 0 Å². The van der Waals surface area contributed by atoms with E-state index in [0.717, 1.165) is 5.69 Å². The first-order chi connectivity index (χ1) is 5.99. The molecule has 0 atom stereocenters. The molecule has 1 rings (SSSR count). The van der Waals surface area contributed by atoms with E-state index < -0.39 is 0 Å². The lowest BCUT2D eigenvalue weighted by Crippen LogP contribution is -2.28. The number of aromatic nitrogens is 2. The first-order valence-corrected chi connectivity index (χ1v) is 4.36. The van der Waals surface area contributed by atoms with Gasteiger partial charge in [0.1, 0.15) is 0 Å². The van der Waals surface area contributed by atoms with Gasteiger partial charge in [0.05, 0.1) is 18.6 Å². The van der Waals surface area contributed by atoms with E-state index >= 15 is 0 Å². The van der Waals surface area contributed by atoms with E-state index in [1.807, 2.05) is 25.5 Å². The molecule has 0 radical (unpaired) electrons. The molecule has 5 heteroatoms. The number of hydrogen-bond acceptors (Lipinski definition) is 3.